The Kier molecular flexibility index (Phi) is 6.43. The highest BCUT2D eigenvalue weighted by molar-refractivity contribution is 6.30. The van der Waals surface area contributed by atoms with Gasteiger partial charge in [-0.2, -0.15) is 0 Å². The summed E-state index contributed by atoms with van der Waals surface area (Å²) >= 11 is 6.00. The lowest BCUT2D eigenvalue weighted by molar-refractivity contribution is -0.112. The van der Waals surface area contributed by atoms with Crippen molar-refractivity contribution >= 4 is 23.0 Å². The van der Waals surface area contributed by atoms with Crippen LogP contribution in [0.15, 0.2) is 103 Å². The molecule has 5 rings (SSSR count). The summed E-state index contributed by atoms with van der Waals surface area (Å²) in [6.07, 6.45) is 0.676. The third-order valence-electron chi connectivity index (χ3n) is 6.37. The number of aryl methyl sites for hydroxylation is 1. The Morgan fingerprint density at radius 2 is 1.43 bits per heavy atom. The molecule has 1 heterocycles. The number of rotatable bonds is 6. The summed E-state index contributed by atoms with van der Waals surface area (Å²) in [5.74, 6) is 0.463. The van der Waals surface area contributed by atoms with Gasteiger partial charge in [-0.3, -0.25) is 4.79 Å². The van der Waals surface area contributed by atoms with Gasteiger partial charge in [-0.1, -0.05) is 84.4 Å². The zero-order valence-corrected chi connectivity index (χ0v) is 20.1. The minimum atomic E-state index is -0.580. The summed E-state index contributed by atoms with van der Waals surface area (Å²) in [4.78, 5) is 12.5. The average Bonchev–Trinajstić information content (AvgIpc) is 2.88. The maximum Gasteiger partial charge on any atom is 0.164 e. The lowest BCUT2D eigenvalue weighted by Gasteiger charge is -2.28. The van der Waals surface area contributed by atoms with Crippen LogP contribution < -0.4 is 4.74 Å². The van der Waals surface area contributed by atoms with Crippen molar-refractivity contribution in [2.24, 2.45) is 0 Å². The monoisotopic (exact) mass is 480 g/mol. The normalized spacial score (nSPS) is 14.9. The van der Waals surface area contributed by atoms with E-state index in [1.165, 1.54) is 6.92 Å². The fourth-order valence-electron chi connectivity index (χ4n) is 4.51. The van der Waals surface area contributed by atoms with Crippen LogP contribution in [0.4, 0.5) is 0 Å². The molecule has 0 spiro atoms. The van der Waals surface area contributed by atoms with Gasteiger partial charge < -0.3 is 9.84 Å². The number of ether oxygens (including phenoxy) is 1. The first-order valence-electron chi connectivity index (χ1n) is 11.6. The average molecular weight is 481 g/mol. The van der Waals surface area contributed by atoms with Gasteiger partial charge >= 0.3 is 0 Å². The number of ketones is 1. The van der Waals surface area contributed by atoms with E-state index in [4.69, 9.17) is 16.3 Å². The number of benzene rings is 4. The first kappa shape index (κ1) is 22.9. The Hall–Kier alpha value is -3.82. The highest BCUT2D eigenvalue weighted by Crippen LogP contribution is 2.39. The van der Waals surface area contributed by atoms with E-state index in [2.05, 4.69) is 24.3 Å². The molecular weight excluding hydrogens is 456 g/mol. The zero-order chi connectivity index (χ0) is 24.4. The molecule has 0 amide bonds. The third-order valence-corrected chi connectivity index (χ3v) is 6.62. The van der Waals surface area contributed by atoms with Crippen molar-refractivity contribution in [2.45, 2.75) is 25.9 Å². The van der Waals surface area contributed by atoms with E-state index in [0.29, 0.717) is 34.8 Å². The summed E-state index contributed by atoms with van der Waals surface area (Å²) in [7, 11) is 0. The second-order valence-electron chi connectivity index (χ2n) is 8.74. The molecule has 0 radical (unpaired) electrons. The number of allylic oxidation sites excluding steroid dienone is 1. The molecule has 0 fully saturated rings. The minimum Gasteiger partial charge on any atom is -0.508 e. The van der Waals surface area contributed by atoms with E-state index in [1.807, 2.05) is 72.8 Å². The number of hydrogen-bond donors (Lipinski definition) is 1. The number of aliphatic hydroxyl groups excluding tert-OH is 1. The van der Waals surface area contributed by atoms with Gasteiger partial charge in [0.25, 0.3) is 0 Å². The van der Waals surface area contributed by atoms with E-state index in [-0.39, 0.29) is 11.5 Å². The number of fused-ring (bicyclic) bond motifs is 1. The third kappa shape index (κ3) is 4.87. The lowest BCUT2D eigenvalue weighted by Crippen LogP contribution is -2.27. The topological polar surface area (TPSA) is 46.5 Å². The molecule has 0 aromatic heterocycles. The van der Waals surface area contributed by atoms with Gasteiger partial charge in [-0.25, -0.2) is 0 Å². The molecule has 1 atom stereocenters. The Morgan fingerprint density at radius 3 is 2.09 bits per heavy atom. The van der Waals surface area contributed by atoms with Crippen LogP contribution in [-0.2, 0) is 11.2 Å². The second-order valence-corrected chi connectivity index (χ2v) is 9.18. The molecule has 1 N–H and O–H groups in total. The predicted molar refractivity (Wildman–Crippen MR) is 142 cm³/mol. The Morgan fingerprint density at radius 1 is 0.829 bits per heavy atom. The standard InChI is InChI=1S/C31H25ClO3/c1-20(33)30-27-17-14-25(22-5-3-2-4-6-22)19-29(27)35-28(31(30)34)18-9-21-7-10-23(11-8-21)24-12-15-26(32)16-13-24/h2-8,10-17,19,28,34H,9,18H2,1H3. The number of hydrogen-bond acceptors (Lipinski definition) is 3. The number of Topliss-reactive ketones (excluding diaryl/α,β-unsaturated/α-hetero) is 1. The van der Waals surface area contributed by atoms with Crippen LogP contribution >= 0.6 is 11.6 Å². The number of halogens is 1. The molecule has 0 aliphatic carbocycles. The molecule has 3 nitrogen and oxygen atoms in total. The van der Waals surface area contributed by atoms with Crippen LogP contribution in [0.25, 0.3) is 27.8 Å². The molecule has 174 valence electrons. The summed E-state index contributed by atoms with van der Waals surface area (Å²) < 4.78 is 6.24. The summed E-state index contributed by atoms with van der Waals surface area (Å²) in [5, 5.41) is 11.7. The largest absolute Gasteiger partial charge is 0.508 e. The maximum atomic E-state index is 12.5. The first-order chi connectivity index (χ1) is 17.0. The van der Waals surface area contributed by atoms with Gasteiger partial charge in [0.1, 0.15) is 11.5 Å². The van der Waals surface area contributed by atoms with E-state index >= 15 is 0 Å². The van der Waals surface area contributed by atoms with Crippen molar-refractivity contribution in [3.05, 3.63) is 119 Å². The van der Waals surface area contributed by atoms with Gasteiger partial charge in [0.15, 0.2) is 11.9 Å². The van der Waals surface area contributed by atoms with E-state index in [9.17, 15) is 9.90 Å². The second kappa shape index (κ2) is 9.81. The highest BCUT2D eigenvalue weighted by atomic mass is 35.5. The van der Waals surface area contributed by atoms with Gasteiger partial charge in [0, 0.05) is 10.6 Å². The molecule has 0 saturated heterocycles. The highest BCUT2D eigenvalue weighted by Gasteiger charge is 2.31. The Bertz CT molecular complexity index is 1390. The molecule has 0 bridgehead atoms. The fraction of sp³-hybridized carbons (Fsp3) is 0.129. The number of aliphatic hydroxyl groups is 1. The quantitative estimate of drug-likeness (QED) is 0.305. The molecule has 1 unspecified atom stereocenters. The first-order valence-corrected chi connectivity index (χ1v) is 12.0. The lowest BCUT2D eigenvalue weighted by atomic mass is 9.91. The van der Waals surface area contributed by atoms with Crippen molar-refractivity contribution in [2.75, 3.05) is 0 Å². The van der Waals surface area contributed by atoms with Gasteiger partial charge in [-0.15, -0.1) is 0 Å². The van der Waals surface area contributed by atoms with Gasteiger partial charge in [-0.05, 0) is 71.8 Å². The maximum absolute atomic E-state index is 12.5. The number of carbonyl (C=O) groups excluding carboxylic acids is 1. The van der Waals surface area contributed by atoms with E-state index in [1.54, 1.807) is 0 Å². The van der Waals surface area contributed by atoms with Crippen LogP contribution in [0, 0.1) is 0 Å². The fourth-order valence-corrected chi connectivity index (χ4v) is 4.64. The van der Waals surface area contributed by atoms with E-state index < -0.39 is 6.10 Å². The molecule has 1 aliphatic rings. The van der Waals surface area contributed by atoms with Crippen molar-refractivity contribution in [3.8, 4) is 28.0 Å². The van der Waals surface area contributed by atoms with Crippen LogP contribution in [0.1, 0.15) is 24.5 Å². The van der Waals surface area contributed by atoms with Crippen LogP contribution in [0.5, 0.6) is 5.75 Å². The van der Waals surface area contributed by atoms with Gasteiger partial charge in [0.05, 0.1) is 5.57 Å². The minimum absolute atomic E-state index is 0.00949. The zero-order valence-electron chi connectivity index (χ0n) is 19.4. The van der Waals surface area contributed by atoms with E-state index in [0.717, 1.165) is 27.8 Å². The molecule has 35 heavy (non-hydrogen) atoms. The molecule has 4 aromatic rings. The van der Waals surface area contributed by atoms with Gasteiger partial charge in [0.2, 0.25) is 0 Å². The van der Waals surface area contributed by atoms with Crippen molar-refractivity contribution in [1.82, 2.24) is 0 Å². The Balaban J connectivity index is 1.36. The molecule has 4 aromatic carbocycles. The molecule has 1 aliphatic heterocycles. The number of carbonyl (C=O) groups is 1. The Labute approximate surface area is 210 Å². The van der Waals surface area contributed by atoms with Crippen molar-refractivity contribution in [3.63, 3.8) is 0 Å². The van der Waals surface area contributed by atoms with Crippen LogP contribution in [-0.4, -0.2) is 17.0 Å². The van der Waals surface area contributed by atoms with Crippen LogP contribution in [0.3, 0.4) is 0 Å². The van der Waals surface area contributed by atoms with Crippen molar-refractivity contribution < 1.29 is 14.6 Å². The SMILES string of the molecule is CC(=O)C1=C(O)C(CCc2ccc(-c3ccc(Cl)cc3)cc2)Oc2cc(-c3ccccc3)ccc21. The molecule has 0 saturated carbocycles. The smallest absolute Gasteiger partial charge is 0.164 e. The predicted octanol–water partition coefficient (Wildman–Crippen LogP) is 7.93. The molecular formula is C31H25ClO3. The van der Waals surface area contributed by atoms with Crippen molar-refractivity contribution in [1.29, 1.82) is 0 Å². The van der Waals surface area contributed by atoms with Crippen LogP contribution in [0.2, 0.25) is 5.02 Å². The summed E-state index contributed by atoms with van der Waals surface area (Å²) in [5.41, 5.74) is 6.40. The summed E-state index contributed by atoms with van der Waals surface area (Å²) in [6, 6.07) is 31.9. The summed E-state index contributed by atoms with van der Waals surface area (Å²) in [6.45, 7) is 1.48. The molecule has 4 heteroatoms.